The number of pyridine rings is 1. The first kappa shape index (κ1) is 12.0. The highest BCUT2D eigenvalue weighted by atomic mass is 16.1. The minimum absolute atomic E-state index is 0.0184. The molecule has 0 saturated heterocycles. The third kappa shape index (κ3) is 3.52. The Labute approximate surface area is 106 Å². The highest BCUT2D eigenvalue weighted by Gasteiger charge is 1.98. The van der Waals surface area contributed by atoms with Gasteiger partial charge in [0.1, 0.15) is 0 Å². The fourth-order valence-electron chi connectivity index (χ4n) is 1.49. The number of ketones is 1. The van der Waals surface area contributed by atoms with Gasteiger partial charge in [-0.2, -0.15) is 0 Å². The van der Waals surface area contributed by atoms with Crippen LogP contribution in [0.1, 0.15) is 15.9 Å². The molecule has 0 amide bonds. The number of allylic oxidation sites excluding steroid dienone is 3. The lowest BCUT2D eigenvalue weighted by Crippen LogP contribution is -1.93. The second-order valence-electron chi connectivity index (χ2n) is 3.73. The molecule has 0 N–H and O–H groups in total. The fraction of sp³-hybridized carbons (Fsp3) is 0. The van der Waals surface area contributed by atoms with E-state index in [1.165, 1.54) is 0 Å². The van der Waals surface area contributed by atoms with E-state index in [0.29, 0.717) is 5.56 Å². The number of hydrogen-bond acceptors (Lipinski definition) is 2. The van der Waals surface area contributed by atoms with Gasteiger partial charge in [0.05, 0.1) is 0 Å². The van der Waals surface area contributed by atoms with Gasteiger partial charge in [0.15, 0.2) is 5.78 Å². The molecule has 2 heteroatoms. The number of rotatable bonds is 4. The Hall–Kier alpha value is -2.48. The zero-order valence-electron chi connectivity index (χ0n) is 9.86. The van der Waals surface area contributed by atoms with Gasteiger partial charge in [0.2, 0.25) is 0 Å². The van der Waals surface area contributed by atoms with E-state index in [9.17, 15) is 4.79 Å². The van der Waals surface area contributed by atoms with Crippen LogP contribution in [0.5, 0.6) is 0 Å². The Kier molecular flexibility index (Phi) is 4.20. The van der Waals surface area contributed by atoms with E-state index in [1.54, 1.807) is 36.7 Å². The van der Waals surface area contributed by atoms with Crippen LogP contribution in [0, 0.1) is 0 Å². The lowest BCUT2D eigenvalue weighted by molar-refractivity contribution is 0.104. The maximum absolute atomic E-state index is 11.7. The molecule has 0 radical (unpaired) electrons. The molecule has 0 spiro atoms. The summed E-state index contributed by atoms with van der Waals surface area (Å²) < 4.78 is 0. The van der Waals surface area contributed by atoms with Crippen molar-refractivity contribution in [3.63, 3.8) is 0 Å². The minimum atomic E-state index is -0.0184. The topological polar surface area (TPSA) is 30.0 Å². The highest BCUT2D eigenvalue weighted by molar-refractivity contribution is 6.04. The smallest absolute Gasteiger partial charge is 0.185 e. The molecule has 0 atom stereocenters. The Bertz CT molecular complexity index is 556. The number of carbonyl (C=O) groups is 1. The van der Waals surface area contributed by atoms with E-state index < -0.39 is 0 Å². The van der Waals surface area contributed by atoms with E-state index in [0.717, 1.165) is 5.56 Å². The van der Waals surface area contributed by atoms with Crippen LogP contribution in [0.2, 0.25) is 0 Å². The van der Waals surface area contributed by atoms with Crippen molar-refractivity contribution in [2.45, 2.75) is 0 Å². The number of benzene rings is 1. The molecule has 1 aromatic carbocycles. The van der Waals surface area contributed by atoms with Crippen molar-refractivity contribution in [3.8, 4) is 0 Å². The number of nitrogens with zero attached hydrogens (tertiary/aromatic N) is 1. The largest absolute Gasteiger partial charge is 0.289 e. The lowest BCUT2D eigenvalue weighted by atomic mass is 10.1. The monoisotopic (exact) mass is 235 g/mol. The summed E-state index contributed by atoms with van der Waals surface area (Å²) in [5.74, 6) is -0.0184. The minimum Gasteiger partial charge on any atom is -0.289 e. The molecule has 1 heterocycles. The molecule has 0 aliphatic rings. The van der Waals surface area contributed by atoms with Crippen molar-refractivity contribution in [3.05, 3.63) is 84.2 Å². The van der Waals surface area contributed by atoms with Gasteiger partial charge in [-0.3, -0.25) is 9.78 Å². The van der Waals surface area contributed by atoms with Crippen molar-refractivity contribution >= 4 is 11.9 Å². The third-order valence-corrected chi connectivity index (χ3v) is 2.41. The summed E-state index contributed by atoms with van der Waals surface area (Å²) in [7, 11) is 0. The Balaban J connectivity index is 1.96. The number of aromatic nitrogens is 1. The Morgan fingerprint density at radius 1 is 0.944 bits per heavy atom. The van der Waals surface area contributed by atoms with Gasteiger partial charge in [-0.05, 0) is 23.8 Å². The molecule has 2 rings (SSSR count). The van der Waals surface area contributed by atoms with Gasteiger partial charge >= 0.3 is 0 Å². The van der Waals surface area contributed by atoms with Gasteiger partial charge in [-0.25, -0.2) is 0 Å². The molecule has 0 bridgehead atoms. The van der Waals surface area contributed by atoms with Gasteiger partial charge in [-0.15, -0.1) is 0 Å². The van der Waals surface area contributed by atoms with Crippen LogP contribution in [0.25, 0.3) is 6.08 Å². The third-order valence-electron chi connectivity index (χ3n) is 2.41. The SMILES string of the molecule is O=C(C=CC=Cc1ccccc1)c1ccncc1. The molecular weight excluding hydrogens is 222 g/mol. The van der Waals surface area contributed by atoms with Gasteiger partial charge in [0, 0.05) is 18.0 Å². The van der Waals surface area contributed by atoms with E-state index in [2.05, 4.69) is 4.98 Å². The van der Waals surface area contributed by atoms with Crippen LogP contribution in [-0.4, -0.2) is 10.8 Å². The summed E-state index contributed by atoms with van der Waals surface area (Å²) in [6, 6.07) is 13.3. The summed E-state index contributed by atoms with van der Waals surface area (Å²) in [5, 5.41) is 0. The lowest BCUT2D eigenvalue weighted by Gasteiger charge is -1.92. The molecular formula is C16H13NO. The highest BCUT2D eigenvalue weighted by Crippen LogP contribution is 2.02. The second-order valence-corrected chi connectivity index (χ2v) is 3.73. The first-order valence-electron chi connectivity index (χ1n) is 5.70. The maximum atomic E-state index is 11.7. The zero-order valence-corrected chi connectivity index (χ0v) is 9.86. The molecule has 0 unspecified atom stereocenters. The van der Waals surface area contributed by atoms with Crippen LogP contribution < -0.4 is 0 Å². The predicted molar refractivity (Wildman–Crippen MR) is 73.2 cm³/mol. The molecule has 0 saturated carbocycles. The van der Waals surface area contributed by atoms with Crippen molar-refractivity contribution in [2.24, 2.45) is 0 Å². The van der Waals surface area contributed by atoms with Crippen molar-refractivity contribution in [1.82, 2.24) is 4.98 Å². The molecule has 0 aliphatic heterocycles. The van der Waals surface area contributed by atoms with Crippen LogP contribution in [0.3, 0.4) is 0 Å². The van der Waals surface area contributed by atoms with Gasteiger partial charge < -0.3 is 0 Å². The molecule has 2 nitrogen and oxygen atoms in total. The van der Waals surface area contributed by atoms with E-state index in [-0.39, 0.29) is 5.78 Å². The molecule has 2 aromatic rings. The average molecular weight is 235 g/mol. The standard InChI is InChI=1S/C16H13NO/c18-16(15-10-12-17-13-11-15)9-5-4-8-14-6-2-1-3-7-14/h1-13H. The Morgan fingerprint density at radius 3 is 2.39 bits per heavy atom. The number of carbonyl (C=O) groups excluding carboxylic acids is 1. The Morgan fingerprint density at radius 2 is 1.67 bits per heavy atom. The number of hydrogen-bond donors (Lipinski definition) is 0. The van der Waals surface area contributed by atoms with Crippen LogP contribution in [-0.2, 0) is 0 Å². The predicted octanol–water partition coefficient (Wildman–Crippen LogP) is 3.53. The van der Waals surface area contributed by atoms with Crippen LogP contribution >= 0.6 is 0 Å². The van der Waals surface area contributed by atoms with E-state index in [1.807, 2.05) is 42.5 Å². The maximum Gasteiger partial charge on any atom is 0.185 e. The summed E-state index contributed by atoms with van der Waals surface area (Å²) in [4.78, 5) is 15.6. The first-order chi connectivity index (χ1) is 8.86. The van der Waals surface area contributed by atoms with Crippen LogP contribution in [0.15, 0.2) is 73.1 Å². The van der Waals surface area contributed by atoms with Crippen LogP contribution in [0.4, 0.5) is 0 Å². The normalized spacial score (nSPS) is 11.1. The van der Waals surface area contributed by atoms with Crippen molar-refractivity contribution < 1.29 is 4.79 Å². The van der Waals surface area contributed by atoms with E-state index >= 15 is 0 Å². The summed E-state index contributed by atoms with van der Waals surface area (Å²) in [6.07, 6.45) is 10.3. The summed E-state index contributed by atoms with van der Waals surface area (Å²) in [6.45, 7) is 0. The van der Waals surface area contributed by atoms with Crippen molar-refractivity contribution in [2.75, 3.05) is 0 Å². The first-order valence-corrected chi connectivity index (χ1v) is 5.70. The quantitative estimate of drug-likeness (QED) is 0.461. The second kappa shape index (κ2) is 6.30. The van der Waals surface area contributed by atoms with E-state index in [4.69, 9.17) is 0 Å². The van der Waals surface area contributed by atoms with Gasteiger partial charge in [0.25, 0.3) is 0 Å². The van der Waals surface area contributed by atoms with Gasteiger partial charge in [-0.1, -0.05) is 48.6 Å². The average Bonchev–Trinajstić information content (AvgIpc) is 2.45. The molecule has 18 heavy (non-hydrogen) atoms. The molecule has 88 valence electrons. The summed E-state index contributed by atoms with van der Waals surface area (Å²) >= 11 is 0. The molecule has 0 fully saturated rings. The molecule has 0 aliphatic carbocycles. The molecule has 1 aromatic heterocycles. The fourth-order valence-corrected chi connectivity index (χ4v) is 1.49. The summed E-state index contributed by atoms with van der Waals surface area (Å²) in [5.41, 5.74) is 1.76. The zero-order chi connectivity index (χ0) is 12.6. The van der Waals surface area contributed by atoms with Crippen molar-refractivity contribution in [1.29, 1.82) is 0 Å².